The third-order valence-corrected chi connectivity index (χ3v) is 5.32. The summed E-state index contributed by atoms with van der Waals surface area (Å²) in [4.78, 5) is 12.1. The number of hydrogen-bond donors (Lipinski definition) is 1. The van der Waals surface area contributed by atoms with Crippen molar-refractivity contribution in [1.29, 1.82) is 0 Å². The first-order chi connectivity index (χ1) is 12.4. The van der Waals surface area contributed by atoms with Crippen molar-refractivity contribution >= 4 is 45.9 Å². The summed E-state index contributed by atoms with van der Waals surface area (Å²) in [6.07, 6.45) is 2.09. The largest absolute Gasteiger partial charge is 0.357 e. The zero-order valence-electron chi connectivity index (χ0n) is 17.4. The summed E-state index contributed by atoms with van der Waals surface area (Å²) in [6.45, 7) is 12.8. The second-order valence-electron chi connectivity index (χ2n) is 7.52. The van der Waals surface area contributed by atoms with Gasteiger partial charge in [0.05, 0.1) is 6.54 Å². The first-order valence-electron chi connectivity index (χ1n) is 9.60. The van der Waals surface area contributed by atoms with Crippen LogP contribution in [0, 0.1) is 5.92 Å². The molecular weight excluding hydrogens is 519 g/mol. The highest BCUT2D eigenvalue weighted by Gasteiger charge is 2.16. The number of guanidine groups is 1. The van der Waals surface area contributed by atoms with Crippen LogP contribution in [0.4, 0.5) is 0 Å². The molecule has 156 valence electrons. The molecule has 0 aliphatic carbocycles. The van der Waals surface area contributed by atoms with Crippen molar-refractivity contribution in [3.63, 3.8) is 0 Å². The molecule has 8 heteroatoms. The highest BCUT2D eigenvalue weighted by Crippen LogP contribution is 2.15. The minimum absolute atomic E-state index is 0. The van der Waals surface area contributed by atoms with E-state index in [4.69, 9.17) is 4.99 Å². The molecule has 0 spiro atoms. The van der Waals surface area contributed by atoms with E-state index >= 15 is 0 Å². The average molecular weight is 555 g/mol. The predicted octanol–water partition coefficient (Wildman–Crippen LogP) is 2.69. The minimum Gasteiger partial charge on any atom is -0.357 e. The van der Waals surface area contributed by atoms with E-state index in [1.54, 1.807) is 0 Å². The standard InChI is InChI=1S/C19H35BrN6.HI/c1-6-21-19(25(5)15-18-11-17(20)14-24(18)4)22-12-16(2)13-26-9-7-23(3)8-10-26;/h11,14,16H,6-10,12-13,15H2,1-5H3,(H,21,22);1H. The summed E-state index contributed by atoms with van der Waals surface area (Å²) < 4.78 is 3.27. The number of aryl methyl sites for hydroxylation is 1. The SMILES string of the molecule is CCNC(=NCC(C)CN1CCN(C)CC1)N(C)Cc1cc(Br)cn1C.I. The lowest BCUT2D eigenvalue weighted by Gasteiger charge is -2.33. The number of nitrogens with one attached hydrogen (secondary N) is 1. The summed E-state index contributed by atoms with van der Waals surface area (Å²) in [5.41, 5.74) is 1.26. The van der Waals surface area contributed by atoms with Crippen molar-refractivity contribution in [2.75, 3.05) is 59.9 Å². The van der Waals surface area contributed by atoms with Crippen LogP contribution in [0.5, 0.6) is 0 Å². The number of likely N-dealkylation sites (N-methyl/N-ethyl adjacent to an activating group) is 1. The van der Waals surface area contributed by atoms with Gasteiger partial charge in [-0.15, -0.1) is 24.0 Å². The molecule has 2 heterocycles. The van der Waals surface area contributed by atoms with Crippen LogP contribution in [0.2, 0.25) is 0 Å². The fraction of sp³-hybridized carbons (Fsp3) is 0.737. The van der Waals surface area contributed by atoms with Crippen LogP contribution in [0.25, 0.3) is 0 Å². The molecule has 1 aliphatic rings. The van der Waals surface area contributed by atoms with Crippen LogP contribution in [0.1, 0.15) is 19.5 Å². The van der Waals surface area contributed by atoms with Gasteiger partial charge in [0, 0.05) is 76.3 Å². The highest BCUT2D eigenvalue weighted by atomic mass is 127. The Morgan fingerprint density at radius 1 is 1.30 bits per heavy atom. The summed E-state index contributed by atoms with van der Waals surface area (Å²) in [7, 11) is 6.39. The quantitative estimate of drug-likeness (QED) is 0.319. The lowest BCUT2D eigenvalue weighted by molar-refractivity contribution is 0.140. The number of hydrogen-bond acceptors (Lipinski definition) is 3. The van der Waals surface area contributed by atoms with Crippen molar-refractivity contribution in [1.82, 2.24) is 24.6 Å². The van der Waals surface area contributed by atoms with Gasteiger partial charge in [-0.05, 0) is 41.9 Å². The Balaban J connectivity index is 0.00000364. The first kappa shape index (κ1) is 24.7. The molecule has 0 amide bonds. The molecule has 1 aliphatic heterocycles. The van der Waals surface area contributed by atoms with Gasteiger partial charge < -0.3 is 24.6 Å². The van der Waals surface area contributed by atoms with E-state index < -0.39 is 0 Å². The summed E-state index contributed by atoms with van der Waals surface area (Å²) in [6, 6.07) is 2.16. The second-order valence-corrected chi connectivity index (χ2v) is 8.44. The van der Waals surface area contributed by atoms with Crippen LogP contribution >= 0.6 is 39.9 Å². The summed E-state index contributed by atoms with van der Waals surface area (Å²) >= 11 is 3.55. The second kappa shape index (κ2) is 12.3. The Morgan fingerprint density at radius 2 is 1.96 bits per heavy atom. The highest BCUT2D eigenvalue weighted by molar-refractivity contribution is 14.0. The van der Waals surface area contributed by atoms with Crippen molar-refractivity contribution < 1.29 is 0 Å². The van der Waals surface area contributed by atoms with Crippen molar-refractivity contribution in [2.45, 2.75) is 20.4 Å². The number of piperazine rings is 1. The zero-order valence-corrected chi connectivity index (χ0v) is 21.3. The minimum atomic E-state index is 0. The Labute approximate surface area is 190 Å². The molecule has 0 saturated carbocycles. The van der Waals surface area contributed by atoms with E-state index in [0.717, 1.165) is 36.6 Å². The third kappa shape index (κ3) is 8.29. The topological polar surface area (TPSA) is 39.0 Å². The maximum absolute atomic E-state index is 4.90. The third-order valence-electron chi connectivity index (χ3n) is 4.89. The predicted molar refractivity (Wildman–Crippen MR) is 129 cm³/mol. The van der Waals surface area contributed by atoms with Gasteiger partial charge in [0.25, 0.3) is 0 Å². The van der Waals surface area contributed by atoms with E-state index in [2.05, 4.69) is 87.8 Å². The summed E-state index contributed by atoms with van der Waals surface area (Å²) in [5, 5.41) is 3.43. The normalized spacial score (nSPS) is 17.5. The Morgan fingerprint density at radius 3 is 2.52 bits per heavy atom. The van der Waals surface area contributed by atoms with Crippen molar-refractivity contribution in [3.05, 3.63) is 22.4 Å². The van der Waals surface area contributed by atoms with Gasteiger partial charge in [-0.2, -0.15) is 0 Å². The molecule has 1 aromatic heterocycles. The van der Waals surface area contributed by atoms with E-state index in [1.165, 1.54) is 31.9 Å². The van der Waals surface area contributed by atoms with Gasteiger partial charge >= 0.3 is 0 Å². The summed E-state index contributed by atoms with van der Waals surface area (Å²) in [5.74, 6) is 1.54. The molecule has 1 unspecified atom stereocenters. The van der Waals surface area contributed by atoms with Gasteiger partial charge in [0.1, 0.15) is 0 Å². The maximum atomic E-state index is 4.90. The van der Waals surface area contributed by atoms with E-state index in [-0.39, 0.29) is 24.0 Å². The zero-order chi connectivity index (χ0) is 19.1. The lowest BCUT2D eigenvalue weighted by atomic mass is 10.1. The van der Waals surface area contributed by atoms with Crippen LogP contribution in [-0.4, -0.2) is 85.1 Å². The van der Waals surface area contributed by atoms with Crippen LogP contribution in [0.3, 0.4) is 0 Å². The van der Waals surface area contributed by atoms with Gasteiger partial charge in [0.2, 0.25) is 0 Å². The molecule has 1 saturated heterocycles. The number of aromatic nitrogens is 1. The van der Waals surface area contributed by atoms with E-state index in [1.807, 2.05) is 0 Å². The molecule has 1 N–H and O–H groups in total. The molecule has 0 aromatic carbocycles. The average Bonchev–Trinajstić information content (AvgIpc) is 2.90. The lowest BCUT2D eigenvalue weighted by Crippen LogP contribution is -2.46. The van der Waals surface area contributed by atoms with E-state index in [0.29, 0.717) is 5.92 Å². The van der Waals surface area contributed by atoms with Gasteiger partial charge in [-0.1, -0.05) is 6.92 Å². The van der Waals surface area contributed by atoms with Crippen LogP contribution in [0.15, 0.2) is 21.7 Å². The number of aliphatic imine (C=N–C) groups is 1. The smallest absolute Gasteiger partial charge is 0.194 e. The Bertz CT molecular complexity index is 583. The Kier molecular flexibility index (Phi) is 11.2. The number of nitrogens with zero attached hydrogens (tertiary/aromatic N) is 5. The molecule has 6 nitrogen and oxygen atoms in total. The molecule has 2 rings (SSSR count). The molecule has 1 fully saturated rings. The van der Waals surface area contributed by atoms with E-state index in [9.17, 15) is 0 Å². The number of halogens is 2. The van der Waals surface area contributed by atoms with Gasteiger partial charge in [-0.25, -0.2) is 0 Å². The van der Waals surface area contributed by atoms with Crippen LogP contribution in [-0.2, 0) is 13.6 Å². The van der Waals surface area contributed by atoms with Crippen molar-refractivity contribution in [2.24, 2.45) is 18.0 Å². The molecule has 0 bridgehead atoms. The fourth-order valence-electron chi connectivity index (χ4n) is 3.28. The fourth-order valence-corrected chi connectivity index (χ4v) is 3.85. The molecule has 1 aromatic rings. The maximum Gasteiger partial charge on any atom is 0.194 e. The van der Waals surface area contributed by atoms with Crippen molar-refractivity contribution in [3.8, 4) is 0 Å². The first-order valence-corrected chi connectivity index (χ1v) is 10.4. The molecular formula is C19H36BrIN6. The van der Waals surface area contributed by atoms with Gasteiger partial charge in [-0.3, -0.25) is 4.99 Å². The van der Waals surface area contributed by atoms with Crippen LogP contribution < -0.4 is 5.32 Å². The molecule has 27 heavy (non-hydrogen) atoms. The Hall–Kier alpha value is -0.320. The number of rotatable bonds is 7. The van der Waals surface area contributed by atoms with Gasteiger partial charge in [0.15, 0.2) is 5.96 Å². The molecule has 0 radical (unpaired) electrons. The monoisotopic (exact) mass is 554 g/mol. The molecule has 1 atom stereocenters.